The minimum atomic E-state index is -0.289. The molecule has 1 N–H and O–H groups in total. The maximum Gasteiger partial charge on any atom is 0.277 e. The summed E-state index contributed by atoms with van der Waals surface area (Å²) in [5.74, 6) is 0.358. The fourth-order valence-corrected chi connectivity index (χ4v) is 2.92. The standard InChI is InChI=1S/C20H18N2O2S/c1-15(19-8-5-13-25-19)21-22-20(23)14-24-18-11-9-17(10-12-18)16-6-3-2-4-7-16/h2-13H,14H2,1H3,(H,22,23)/b21-15-. The van der Waals surface area contributed by atoms with Gasteiger partial charge in [0, 0.05) is 4.88 Å². The van der Waals surface area contributed by atoms with E-state index in [-0.39, 0.29) is 12.5 Å². The van der Waals surface area contributed by atoms with Crippen LogP contribution in [0, 0.1) is 0 Å². The molecular formula is C20H18N2O2S. The number of hydrazone groups is 1. The number of hydrogen-bond donors (Lipinski definition) is 1. The lowest BCUT2D eigenvalue weighted by Gasteiger charge is -2.07. The summed E-state index contributed by atoms with van der Waals surface area (Å²) in [4.78, 5) is 12.9. The van der Waals surface area contributed by atoms with Gasteiger partial charge < -0.3 is 4.74 Å². The van der Waals surface area contributed by atoms with Gasteiger partial charge in [-0.2, -0.15) is 5.10 Å². The molecule has 0 bridgehead atoms. The van der Waals surface area contributed by atoms with Gasteiger partial charge in [0.15, 0.2) is 6.61 Å². The summed E-state index contributed by atoms with van der Waals surface area (Å²) >= 11 is 1.58. The van der Waals surface area contributed by atoms with Gasteiger partial charge in [0.05, 0.1) is 5.71 Å². The summed E-state index contributed by atoms with van der Waals surface area (Å²) in [6.07, 6.45) is 0. The third kappa shape index (κ3) is 4.78. The predicted octanol–water partition coefficient (Wildman–Crippen LogP) is 4.33. The lowest BCUT2D eigenvalue weighted by molar-refractivity contribution is -0.123. The molecule has 5 heteroatoms. The number of hydrogen-bond acceptors (Lipinski definition) is 4. The normalized spacial score (nSPS) is 11.2. The van der Waals surface area contributed by atoms with Crippen molar-refractivity contribution >= 4 is 23.0 Å². The maximum atomic E-state index is 11.8. The second kappa shape index (κ2) is 8.26. The minimum absolute atomic E-state index is 0.0775. The molecule has 1 aromatic heterocycles. The van der Waals surface area contributed by atoms with Crippen LogP contribution in [0.15, 0.2) is 77.2 Å². The van der Waals surface area contributed by atoms with E-state index in [4.69, 9.17) is 4.74 Å². The number of nitrogens with one attached hydrogen (secondary N) is 1. The summed E-state index contributed by atoms with van der Waals surface area (Å²) < 4.78 is 5.50. The number of nitrogens with zero attached hydrogens (tertiary/aromatic N) is 1. The second-order valence-electron chi connectivity index (χ2n) is 5.39. The fraction of sp³-hybridized carbons (Fsp3) is 0.100. The molecule has 1 heterocycles. The van der Waals surface area contributed by atoms with Crippen LogP contribution in [0.4, 0.5) is 0 Å². The van der Waals surface area contributed by atoms with E-state index >= 15 is 0 Å². The molecule has 0 fully saturated rings. The van der Waals surface area contributed by atoms with Gasteiger partial charge in [0.2, 0.25) is 0 Å². The molecular weight excluding hydrogens is 332 g/mol. The molecule has 4 nitrogen and oxygen atoms in total. The van der Waals surface area contributed by atoms with E-state index in [9.17, 15) is 4.79 Å². The first-order chi connectivity index (χ1) is 12.2. The van der Waals surface area contributed by atoms with Crippen molar-refractivity contribution < 1.29 is 9.53 Å². The monoisotopic (exact) mass is 350 g/mol. The Morgan fingerprint density at radius 1 is 1.00 bits per heavy atom. The summed E-state index contributed by atoms with van der Waals surface area (Å²) in [5.41, 5.74) is 5.53. The zero-order valence-corrected chi connectivity index (χ0v) is 14.6. The van der Waals surface area contributed by atoms with Crippen LogP contribution < -0.4 is 10.2 Å². The Labute approximate surface area is 150 Å². The molecule has 1 amide bonds. The molecule has 0 aliphatic heterocycles. The SMILES string of the molecule is C/C(=N/NC(=O)COc1ccc(-c2ccccc2)cc1)c1cccs1. The van der Waals surface area contributed by atoms with Crippen LogP contribution in [0.3, 0.4) is 0 Å². The zero-order chi connectivity index (χ0) is 17.5. The average molecular weight is 350 g/mol. The van der Waals surface area contributed by atoms with Gasteiger partial charge in [-0.05, 0) is 41.6 Å². The molecule has 0 aliphatic carbocycles. The lowest BCUT2D eigenvalue weighted by Crippen LogP contribution is -2.25. The molecule has 25 heavy (non-hydrogen) atoms. The van der Waals surface area contributed by atoms with E-state index in [1.165, 1.54) is 0 Å². The Bertz CT molecular complexity index is 841. The molecule has 0 radical (unpaired) electrons. The number of rotatable bonds is 6. The molecule has 0 saturated heterocycles. The molecule has 0 aliphatic rings. The van der Waals surface area contributed by atoms with Crippen molar-refractivity contribution in [3.63, 3.8) is 0 Å². The summed E-state index contributed by atoms with van der Waals surface area (Å²) in [7, 11) is 0. The van der Waals surface area contributed by atoms with Crippen molar-refractivity contribution in [2.75, 3.05) is 6.61 Å². The van der Waals surface area contributed by atoms with E-state index in [2.05, 4.69) is 22.7 Å². The Hall–Kier alpha value is -2.92. The van der Waals surface area contributed by atoms with E-state index in [0.717, 1.165) is 21.7 Å². The molecule has 3 rings (SSSR count). The lowest BCUT2D eigenvalue weighted by atomic mass is 10.1. The van der Waals surface area contributed by atoms with Crippen molar-refractivity contribution in [1.29, 1.82) is 0 Å². The van der Waals surface area contributed by atoms with Crippen LogP contribution >= 0.6 is 11.3 Å². The first-order valence-corrected chi connectivity index (χ1v) is 8.75. The van der Waals surface area contributed by atoms with Gasteiger partial charge in [0.25, 0.3) is 5.91 Å². The third-order valence-electron chi connectivity index (χ3n) is 3.56. The summed E-state index contributed by atoms with van der Waals surface area (Å²) in [6, 6.07) is 21.7. The highest BCUT2D eigenvalue weighted by atomic mass is 32.1. The first-order valence-electron chi connectivity index (χ1n) is 7.87. The Kier molecular flexibility index (Phi) is 5.59. The van der Waals surface area contributed by atoms with Gasteiger partial charge in [-0.1, -0.05) is 48.5 Å². The molecule has 0 unspecified atom stereocenters. The second-order valence-corrected chi connectivity index (χ2v) is 6.34. The largest absolute Gasteiger partial charge is 0.484 e. The first kappa shape index (κ1) is 16.9. The van der Waals surface area contributed by atoms with Gasteiger partial charge >= 0.3 is 0 Å². The Morgan fingerprint density at radius 3 is 2.40 bits per heavy atom. The van der Waals surface area contributed by atoms with Gasteiger partial charge in [-0.3, -0.25) is 4.79 Å². The number of amides is 1. The van der Waals surface area contributed by atoms with Gasteiger partial charge in [-0.15, -0.1) is 11.3 Å². The number of thiophene rings is 1. The summed E-state index contributed by atoms with van der Waals surface area (Å²) in [6.45, 7) is 1.78. The quantitative estimate of drug-likeness (QED) is 0.531. The van der Waals surface area contributed by atoms with Crippen LogP contribution in [0.25, 0.3) is 11.1 Å². The van der Waals surface area contributed by atoms with Crippen LogP contribution in [-0.2, 0) is 4.79 Å². The molecule has 3 aromatic rings. The molecule has 0 saturated carbocycles. The number of benzene rings is 2. The smallest absolute Gasteiger partial charge is 0.277 e. The zero-order valence-electron chi connectivity index (χ0n) is 13.8. The Morgan fingerprint density at radius 2 is 1.72 bits per heavy atom. The number of carbonyl (C=O) groups is 1. The van der Waals surface area contributed by atoms with Crippen molar-refractivity contribution in [2.24, 2.45) is 5.10 Å². The summed E-state index contributed by atoms with van der Waals surface area (Å²) in [5, 5.41) is 6.05. The predicted molar refractivity (Wildman–Crippen MR) is 102 cm³/mol. The van der Waals surface area contributed by atoms with Crippen LogP contribution in [0.5, 0.6) is 5.75 Å². The van der Waals surface area contributed by atoms with Crippen molar-refractivity contribution in [3.05, 3.63) is 77.0 Å². The highest BCUT2D eigenvalue weighted by Gasteiger charge is 2.04. The molecule has 2 aromatic carbocycles. The van der Waals surface area contributed by atoms with Gasteiger partial charge in [0.1, 0.15) is 5.75 Å². The van der Waals surface area contributed by atoms with Gasteiger partial charge in [-0.25, -0.2) is 5.43 Å². The van der Waals surface area contributed by atoms with E-state index in [0.29, 0.717) is 5.75 Å². The molecule has 126 valence electrons. The third-order valence-corrected chi connectivity index (χ3v) is 4.54. The van der Waals surface area contributed by atoms with Crippen LogP contribution in [0.2, 0.25) is 0 Å². The van der Waals surface area contributed by atoms with Crippen LogP contribution in [-0.4, -0.2) is 18.2 Å². The fourth-order valence-electron chi connectivity index (χ4n) is 2.24. The van der Waals surface area contributed by atoms with E-state index in [1.807, 2.05) is 66.9 Å². The average Bonchev–Trinajstić information content (AvgIpc) is 3.20. The van der Waals surface area contributed by atoms with Crippen molar-refractivity contribution in [1.82, 2.24) is 5.43 Å². The Balaban J connectivity index is 1.51. The van der Waals surface area contributed by atoms with E-state index in [1.54, 1.807) is 11.3 Å². The maximum absolute atomic E-state index is 11.8. The van der Waals surface area contributed by atoms with Crippen molar-refractivity contribution in [3.8, 4) is 16.9 Å². The van der Waals surface area contributed by atoms with Crippen LogP contribution in [0.1, 0.15) is 11.8 Å². The number of ether oxygens (including phenoxy) is 1. The van der Waals surface area contributed by atoms with E-state index < -0.39 is 0 Å². The highest BCUT2D eigenvalue weighted by molar-refractivity contribution is 7.12. The number of carbonyl (C=O) groups excluding carboxylic acids is 1. The molecule has 0 atom stereocenters. The topological polar surface area (TPSA) is 50.7 Å². The van der Waals surface area contributed by atoms with Crippen molar-refractivity contribution in [2.45, 2.75) is 6.92 Å². The minimum Gasteiger partial charge on any atom is -0.484 e. The highest BCUT2D eigenvalue weighted by Crippen LogP contribution is 2.21. The molecule has 0 spiro atoms.